The largest absolute Gasteiger partial charge is 0.385 e. The van der Waals surface area contributed by atoms with Gasteiger partial charge < -0.3 is 5.32 Å². The van der Waals surface area contributed by atoms with Gasteiger partial charge in [-0.1, -0.05) is 12.1 Å². The molecule has 0 saturated heterocycles. The van der Waals surface area contributed by atoms with Crippen molar-refractivity contribution < 1.29 is 0 Å². The van der Waals surface area contributed by atoms with Crippen molar-refractivity contribution in [3.05, 3.63) is 66.2 Å². The molecule has 0 bridgehead atoms. The van der Waals surface area contributed by atoms with Gasteiger partial charge in [-0.2, -0.15) is 0 Å². The molecule has 0 amide bonds. The monoisotopic (exact) mass is 341 g/mol. The van der Waals surface area contributed by atoms with E-state index >= 15 is 0 Å². The van der Waals surface area contributed by atoms with Crippen LogP contribution >= 0.6 is 0 Å². The molecule has 0 spiro atoms. The van der Waals surface area contributed by atoms with Crippen LogP contribution in [0.4, 0.5) is 5.69 Å². The summed E-state index contributed by atoms with van der Waals surface area (Å²) >= 11 is 0. The highest BCUT2D eigenvalue weighted by atomic mass is 15.1. The Kier molecular flexibility index (Phi) is 3.45. The second kappa shape index (κ2) is 5.95. The van der Waals surface area contributed by atoms with E-state index in [4.69, 9.17) is 4.98 Å². The van der Waals surface area contributed by atoms with Crippen molar-refractivity contribution in [1.82, 2.24) is 19.4 Å². The van der Waals surface area contributed by atoms with Gasteiger partial charge >= 0.3 is 0 Å². The van der Waals surface area contributed by atoms with Gasteiger partial charge in [0.05, 0.1) is 11.4 Å². The second-order valence-electron chi connectivity index (χ2n) is 6.69. The fourth-order valence-electron chi connectivity index (χ4n) is 3.67. The molecule has 4 aromatic rings. The highest BCUT2D eigenvalue weighted by molar-refractivity contribution is 5.83. The first-order chi connectivity index (χ1) is 12.8. The minimum atomic E-state index is 0.706. The number of anilines is 1. The molecule has 3 aromatic heterocycles. The highest BCUT2D eigenvalue weighted by Crippen LogP contribution is 2.35. The molecular formula is C21H19N5. The van der Waals surface area contributed by atoms with Crippen LogP contribution in [-0.2, 0) is 6.42 Å². The quantitative estimate of drug-likeness (QED) is 0.596. The molecule has 128 valence electrons. The van der Waals surface area contributed by atoms with Crippen LogP contribution in [-0.4, -0.2) is 25.9 Å². The van der Waals surface area contributed by atoms with Gasteiger partial charge in [0.2, 0.25) is 5.78 Å². The lowest BCUT2D eigenvalue weighted by Gasteiger charge is -2.19. The van der Waals surface area contributed by atoms with E-state index in [2.05, 4.69) is 44.0 Å². The van der Waals surface area contributed by atoms with Crippen LogP contribution in [0.2, 0.25) is 0 Å². The topological polar surface area (TPSA) is 55.1 Å². The van der Waals surface area contributed by atoms with E-state index in [1.54, 1.807) is 6.20 Å². The summed E-state index contributed by atoms with van der Waals surface area (Å²) in [7, 11) is 0. The van der Waals surface area contributed by atoms with E-state index in [1.165, 1.54) is 17.7 Å². The van der Waals surface area contributed by atoms with Crippen LogP contribution in [0.1, 0.15) is 17.7 Å². The normalized spacial score (nSPS) is 13.4. The molecule has 5 nitrogen and oxygen atoms in total. The van der Waals surface area contributed by atoms with Gasteiger partial charge in [0.15, 0.2) is 0 Å². The Balaban J connectivity index is 1.77. The Hall–Kier alpha value is -3.21. The molecule has 1 N–H and O–H groups in total. The maximum atomic E-state index is 4.82. The van der Waals surface area contributed by atoms with Crippen LogP contribution in [0.25, 0.3) is 28.3 Å². The van der Waals surface area contributed by atoms with E-state index in [-0.39, 0.29) is 0 Å². The number of nitrogens with zero attached hydrogens (tertiary/aromatic N) is 4. The summed E-state index contributed by atoms with van der Waals surface area (Å²) in [6, 6.07) is 12.7. The molecule has 5 heteroatoms. The molecule has 0 unspecified atom stereocenters. The van der Waals surface area contributed by atoms with Crippen LogP contribution in [0.5, 0.6) is 0 Å². The molecule has 0 atom stereocenters. The van der Waals surface area contributed by atoms with Gasteiger partial charge in [-0.05, 0) is 49.6 Å². The third-order valence-corrected chi connectivity index (χ3v) is 4.90. The Morgan fingerprint density at radius 3 is 2.92 bits per heavy atom. The smallest absolute Gasteiger partial charge is 0.234 e. The standard InChI is InChI=1S/C21H19N5/c1-14-12-16(7-10-22-14)19-20(26-11-3-9-24-21(26)25-19)17-6-5-15-4-2-8-23-18(15)13-17/h3,5-7,9-13,23H,2,4,8H2,1H3. The summed E-state index contributed by atoms with van der Waals surface area (Å²) in [4.78, 5) is 13.6. The zero-order valence-corrected chi connectivity index (χ0v) is 14.6. The molecule has 4 heterocycles. The Morgan fingerprint density at radius 2 is 2.00 bits per heavy atom. The number of pyridine rings is 1. The summed E-state index contributed by atoms with van der Waals surface area (Å²) in [5.74, 6) is 0.706. The summed E-state index contributed by atoms with van der Waals surface area (Å²) < 4.78 is 2.07. The molecule has 0 saturated carbocycles. The van der Waals surface area contributed by atoms with Gasteiger partial charge in [0.1, 0.15) is 0 Å². The molecule has 0 fully saturated rings. The maximum absolute atomic E-state index is 4.82. The molecule has 1 aliphatic rings. The molecular weight excluding hydrogens is 322 g/mol. The molecule has 1 aromatic carbocycles. The zero-order valence-electron chi connectivity index (χ0n) is 14.6. The molecule has 26 heavy (non-hydrogen) atoms. The number of fused-ring (bicyclic) bond motifs is 2. The zero-order chi connectivity index (χ0) is 17.5. The van der Waals surface area contributed by atoms with Crippen LogP contribution in [0.15, 0.2) is 55.0 Å². The lowest BCUT2D eigenvalue weighted by molar-refractivity contribution is 0.830. The van der Waals surface area contributed by atoms with Crippen molar-refractivity contribution in [3.63, 3.8) is 0 Å². The Labute approximate surface area is 151 Å². The number of benzene rings is 1. The molecule has 5 rings (SSSR count). The minimum absolute atomic E-state index is 0.706. The van der Waals surface area contributed by atoms with Gasteiger partial charge in [0.25, 0.3) is 0 Å². The van der Waals surface area contributed by atoms with Crippen LogP contribution < -0.4 is 5.32 Å². The first kappa shape index (κ1) is 15.1. The lowest BCUT2D eigenvalue weighted by Crippen LogP contribution is -2.11. The Bertz CT molecular complexity index is 1110. The van der Waals surface area contributed by atoms with Crippen molar-refractivity contribution in [2.75, 3.05) is 11.9 Å². The molecule has 0 radical (unpaired) electrons. The van der Waals surface area contributed by atoms with Crippen molar-refractivity contribution in [1.29, 1.82) is 0 Å². The number of nitrogens with one attached hydrogen (secondary N) is 1. The lowest BCUT2D eigenvalue weighted by atomic mass is 9.98. The average molecular weight is 341 g/mol. The van der Waals surface area contributed by atoms with Crippen LogP contribution in [0.3, 0.4) is 0 Å². The summed E-state index contributed by atoms with van der Waals surface area (Å²) in [5.41, 5.74) is 7.79. The number of rotatable bonds is 2. The van der Waals surface area contributed by atoms with Gasteiger partial charge in [-0.25, -0.2) is 9.97 Å². The first-order valence-electron chi connectivity index (χ1n) is 8.93. The van der Waals surface area contributed by atoms with Crippen molar-refractivity contribution >= 4 is 11.5 Å². The van der Waals surface area contributed by atoms with E-state index in [1.807, 2.05) is 31.5 Å². The number of aromatic nitrogens is 4. The fourth-order valence-corrected chi connectivity index (χ4v) is 3.67. The number of hydrogen-bond donors (Lipinski definition) is 1. The Morgan fingerprint density at radius 1 is 1.04 bits per heavy atom. The fraction of sp³-hybridized carbons (Fsp3) is 0.190. The average Bonchev–Trinajstić information content (AvgIpc) is 3.07. The number of hydrogen-bond acceptors (Lipinski definition) is 4. The predicted octanol–water partition coefficient (Wildman–Crippen LogP) is 4.12. The summed E-state index contributed by atoms with van der Waals surface area (Å²) in [6.07, 6.45) is 7.96. The van der Waals surface area contributed by atoms with Gasteiger partial charge in [-0.3, -0.25) is 9.38 Å². The molecule has 1 aliphatic heterocycles. The highest BCUT2D eigenvalue weighted by Gasteiger charge is 2.18. The van der Waals surface area contributed by atoms with Gasteiger partial charge in [0, 0.05) is 47.6 Å². The minimum Gasteiger partial charge on any atom is -0.385 e. The van der Waals surface area contributed by atoms with E-state index in [0.717, 1.165) is 41.2 Å². The van der Waals surface area contributed by atoms with Crippen molar-refractivity contribution in [2.24, 2.45) is 0 Å². The maximum Gasteiger partial charge on any atom is 0.234 e. The van der Waals surface area contributed by atoms with Crippen molar-refractivity contribution in [3.8, 4) is 22.5 Å². The van der Waals surface area contributed by atoms with E-state index < -0.39 is 0 Å². The third-order valence-electron chi connectivity index (χ3n) is 4.90. The van der Waals surface area contributed by atoms with E-state index in [9.17, 15) is 0 Å². The summed E-state index contributed by atoms with van der Waals surface area (Å²) in [6.45, 7) is 3.03. The second-order valence-corrected chi connectivity index (χ2v) is 6.69. The first-order valence-corrected chi connectivity index (χ1v) is 8.93. The SMILES string of the molecule is Cc1cc(-c2nc3ncccn3c2-c2ccc3c(c2)NCCC3)ccn1. The predicted molar refractivity (Wildman–Crippen MR) is 103 cm³/mol. The van der Waals surface area contributed by atoms with Gasteiger partial charge in [-0.15, -0.1) is 0 Å². The summed E-state index contributed by atoms with van der Waals surface area (Å²) in [5, 5.41) is 3.53. The third kappa shape index (κ3) is 2.44. The number of imidazole rings is 1. The molecule has 0 aliphatic carbocycles. The van der Waals surface area contributed by atoms with Crippen molar-refractivity contribution in [2.45, 2.75) is 19.8 Å². The number of aryl methyl sites for hydroxylation is 2. The van der Waals surface area contributed by atoms with E-state index in [0.29, 0.717) is 5.78 Å². The van der Waals surface area contributed by atoms with Crippen LogP contribution in [0, 0.1) is 6.92 Å².